The maximum atomic E-state index is 6.16. The summed E-state index contributed by atoms with van der Waals surface area (Å²) in [6.45, 7) is 8.53. The van der Waals surface area contributed by atoms with Gasteiger partial charge < -0.3 is 5.73 Å². The lowest BCUT2D eigenvalue weighted by Gasteiger charge is -2.38. The van der Waals surface area contributed by atoms with Crippen LogP contribution in [0.25, 0.3) is 0 Å². The van der Waals surface area contributed by atoms with Crippen molar-refractivity contribution in [2.45, 2.75) is 64.0 Å². The van der Waals surface area contributed by atoms with Gasteiger partial charge in [-0.25, -0.2) is 0 Å². The fourth-order valence-electron chi connectivity index (χ4n) is 4.78. The van der Waals surface area contributed by atoms with Crippen molar-refractivity contribution < 1.29 is 0 Å². The second-order valence-corrected chi connectivity index (χ2v) is 7.50. The molecule has 0 aromatic carbocycles. The molecule has 0 aromatic heterocycles. The minimum absolute atomic E-state index is 0.662. The maximum Gasteiger partial charge on any atom is 0.0247 e. The van der Waals surface area contributed by atoms with Crippen molar-refractivity contribution in [2.75, 3.05) is 32.7 Å². The Kier molecular flexibility index (Phi) is 5.00. The number of nitrogens with zero attached hydrogens (tertiary/aromatic N) is 2. The lowest BCUT2D eigenvalue weighted by molar-refractivity contribution is 0.124. The van der Waals surface area contributed by atoms with Crippen LogP contribution >= 0.6 is 0 Å². The average molecular weight is 279 g/mol. The van der Waals surface area contributed by atoms with E-state index in [1.165, 1.54) is 71.1 Å². The van der Waals surface area contributed by atoms with Crippen LogP contribution in [0.5, 0.6) is 0 Å². The standard InChI is InChI=1S/C17H33N3/c1-14-4-6-15(7-5-14)17(12-18)20-11-8-16(13-20)19-9-2-3-10-19/h14-17H,2-13,18H2,1H3. The molecule has 3 fully saturated rings. The first kappa shape index (κ1) is 14.8. The van der Waals surface area contributed by atoms with Crippen molar-refractivity contribution in [1.29, 1.82) is 0 Å². The number of hydrogen-bond acceptors (Lipinski definition) is 3. The van der Waals surface area contributed by atoms with Crippen molar-refractivity contribution in [1.82, 2.24) is 9.80 Å². The second kappa shape index (κ2) is 6.76. The van der Waals surface area contributed by atoms with Crippen LogP contribution in [0.4, 0.5) is 0 Å². The Morgan fingerprint density at radius 1 is 1.00 bits per heavy atom. The third-order valence-electron chi connectivity index (χ3n) is 6.17. The highest BCUT2D eigenvalue weighted by atomic mass is 15.3. The zero-order valence-corrected chi connectivity index (χ0v) is 13.3. The minimum Gasteiger partial charge on any atom is -0.329 e. The van der Waals surface area contributed by atoms with Crippen LogP contribution in [0.15, 0.2) is 0 Å². The van der Waals surface area contributed by atoms with Gasteiger partial charge in [-0.2, -0.15) is 0 Å². The molecule has 0 spiro atoms. The molecule has 3 heteroatoms. The van der Waals surface area contributed by atoms with Crippen molar-refractivity contribution in [2.24, 2.45) is 17.6 Å². The van der Waals surface area contributed by atoms with Gasteiger partial charge in [0.05, 0.1) is 0 Å². The summed E-state index contributed by atoms with van der Waals surface area (Å²) in [6, 6.07) is 1.49. The Morgan fingerprint density at radius 3 is 2.35 bits per heavy atom. The van der Waals surface area contributed by atoms with Crippen molar-refractivity contribution in [3.05, 3.63) is 0 Å². The molecule has 3 aliphatic rings. The summed E-state index contributed by atoms with van der Waals surface area (Å²) < 4.78 is 0. The molecule has 3 nitrogen and oxygen atoms in total. The second-order valence-electron chi connectivity index (χ2n) is 7.50. The average Bonchev–Trinajstić information content (AvgIpc) is 3.12. The molecule has 2 N–H and O–H groups in total. The van der Waals surface area contributed by atoms with Crippen molar-refractivity contribution >= 4 is 0 Å². The van der Waals surface area contributed by atoms with E-state index in [4.69, 9.17) is 5.73 Å². The summed E-state index contributed by atoms with van der Waals surface area (Å²) in [5, 5.41) is 0. The Hall–Kier alpha value is -0.120. The normalized spacial score (nSPS) is 38.4. The van der Waals surface area contributed by atoms with Gasteiger partial charge in [-0.05, 0) is 57.0 Å². The number of likely N-dealkylation sites (tertiary alicyclic amines) is 2. The van der Waals surface area contributed by atoms with E-state index in [0.29, 0.717) is 6.04 Å². The highest BCUT2D eigenvalue weighted by Gasteiger charge is 2.36. The zero-order chi connectivity index (χ0) is 13.9. The van der Waals surface area contributed by atoms with E-state index in [9.17, 15) is 0 Å². The molecule has 0 bridgehead atoms. The largest absolute Gasteiger partial charge is 0.329 e. The predicted molar refractivity (Wildman–Crippen MR) is 84.7 cm³/mol. The molecule has 2 unspecified atom stereocenters. The maximum absolute atomic E-state index is 6.16. The van der Waals surface area contributed by atoms with Crippen molar-refractivity contribution in [3.63, 3.8) is 0 Å². The molecule has 0 aromatic rings. The number of nitrogens with two attached hydrogens (primary N) is 1. The van der Waals surface area contributed by atoms with E-state index in [1.807, 2.05) is 0 Å². The van der Waals surface area contributed by atoms with Gasteiger partial charge in [0.1, 0.15) is 0 Å². The summed E-state index contributed by atoms with van der Waals surface area (Å²) in [7, 11) is 0. The van der Waals surface area contributed by atoms with Gasteiger partial charge in [0, 0.05) is 31.7 Å². The summed E-state index contributed by atoms with van der Waals surface area (Å²) in [5.74, 6) is 1.81. The van der Waals surface area contributed by atoms with Crippen LogP contribution in [-0.2, 0) is 0 Å². The van der Waals surface area contributed by atoms with Crippen LogP contribution < -0.4 is 5.73 Å². The number of rotatable bonds is 4. The van der Waals surface area contributed by atoms with Gasteiger partial charge in [-0.15, -0.1) is 0 Å². The molecular formula is C17H33N3. The van der Waals surface area contributed by atoms with Crippen LogP contribution in [-0.4, -0.2) is 54.6 Å². The van der Waals surface area contributed by atoms with E-state index >= 15 is 0 Å². The fourth-order valence-corrected chi connectivity index (χ4v) is 4.78. The molecule has 2 aliphatic heterocycles. The van der Waals surface area contributed by atoms with E-state index < -0.39 is 0 Å². The molecule has 116 valence electrons. The smallest absolute Gasteiger partial charge is 0.0247 e. The molecular weight excluding hydrogens is 246 g/mol. The van der Waals surface area contributed by atoms with E-state index in [0.717, 1.165) is 24.4 Å². The van der Waals surface area contributed by atoms with Gasteiger partial charge in [-0.1, -0.05) is 19.8 Å². The minimum atomic E-state index is 0.662. The van der Waals surface area contributed by atoms with Crippen LogP contribution in [0, 0.1) is 11.8 Å². The molecule has 1 aliphatic carbocycles. The van der Waals surface area contributed by atoms with Gasteiger partial charge in [0.2, 0.25) is 0 Å². The molecule has 0 radical (unpaired) electrons. The Morgan fingerprint density at radius 2 is 1.70 bits per heavy atom. The quantitative estimate of drug-likeness (QED) is 0.857. The molecule has 2 saturated heterocycles. The highest BCUT2D eigenvalue weighted by Crippen LogP contribution is 2.33. The lowest BCUT2D eigenvalue weighted by atomic mass is 9.79. The molecule has 2 atom stereocenters. The monoisotopic (exact) mass is 279 g/mol. The molecule has 20 heavy (non-hydrogen) atoms. The van der Waals surface area contributed by atoms with Crippen LogP contribution in [0.1, 0.15) is 51.9 Å². The Balaban J connectivity index is 1.54. The molecule has 2 heterocycles. The SMILES string of the molecule is CC1CCC(C(CN)N2CCC(N3CCCC3)C2)CC1. The first-order valence-electron chi connectivity index (χ1n) is 8.96. The Bertz CT molecular complexity index is 293. The van der Waals surface area contributed by atoms with Gasteiger partial charge in [0.25, 0.3) is 0 Å². The highest BCUT2D eigenvalue weighted by molar-refractivity contribution is 4.92. The first-order chi connectivity index (χ1) is 9.78. The summed E-state index contributed by atoms with van der Waals surface area (Å²) in [5.41, 5.74) is 6.16. The number of hydrogen-bond donors (Lipinski definition) is 1. The summed E-state index contributed by atoms with van der Waals surface area (Å²) in [6.07, 6.45) is 9.87. The molecule has 1 saturated carbocycles. The van der Waals surface area contributed by atoms with E-state index in [1.54, 1.807) is 0 Å². The lowest BCUT2D eigenvalue weighted by Crippen LogP contribution is -2.47. The van der Waals surface area contributed by atoms with Gasteiger partial charge in [-0.3, -0.25) is 9.80 Å². The van der Waals surface area contributed by atoms with Gasteiger partial charge >= 0.3 is 0 Å². The summed E-state index contributed by atoms with van der Waals surface area (Å²) >= 11 is 0. The Labute approximate surface area is 124 Å². The van der Waals surface area contributed by atoms with Gasteiger partial charge in [0.15, 0.2) is 0 Å². The third-order valence-corrected chi connectivity index (χ3v) is 6.17. The first-order valence-corrected chi connectivity index (χ1v) is 8.96. The van der Waals surface area contributed by atoms with Crippen molar-refractivity contribution in [3.8, 4) is 0 Å². The summed E-state index contributed by atoms with van der Waals surface area (Å²) in [4.78, 5) is 5.47. The molecule has 0 amide bonds. The predicted octanol–water partition coefficient (Wildman–Crippen LogP) is 2.31. The zero-order valence-electron chi connectivity index (χ0n) is 13.3. The molecule has 3 rings (SSSR count). The van der Waals surface area contributed by atoms with Crippen LogP contribution in [0.3, 0.4) is 0 Å². The van der Waals surface area contributed by atoms with Crippen LogP contribution in [0.2, 0.25) is 0 Å². The van der Waals surface area contributed by atoms with E-state index in [2.05, 4.69) is 16.7 Å². The van der Waals surface area contributed by atoms with E-state index in [-0.39, 0.29) is 0 Å². The third kappa shape index (κ3) is 3.20. The fraction of sp³-hybridized carbons (Fsp3) is 1.00. The topological polar surface area (TPSA) is 32.5 Å².